The fraction of sp³-hybridized carbons (Fsp3) is 0.900. The van der Waals surface area contributed by atoms with E-state index >= 15 is 0 Å². The Kier molecular flexibility index (Phi) is 4.20. The van der Waals surface area contributed by atoms with Gasteiger partial charge in [0, 0.05) is 18.1 Å². The van der Waals surface area contributed by atoms with E-state index in [-0.39, 0.29) is 18.1 Å². The number of rotatable bonds is 2. The van der Waals surface area contributed by atoms with Crippen molar-refractivity contribution < 1.29 is 4.79 Å². The minimum Gasteiger partial charge on any atom is -0.336 e. The Labute approximate surface area is 85.8 Å². The van der Waals surface area contributed by atoms with Gasteiger partial charge in [-0.3, -0.25) is 0 Å². The zero-order chi connectivity index (χ0) is 10.6. The van der Waals surface area contributed by atoms with Crippen molar-refractivity contribution >= 4 is 6.03 Å². The highest BCUT2D eigenvalue weighted by Crippen LogP contribution is 2.07. The summed E-state index contributed by atoms with van der Waals surface area (Å²) in [7, 11) is 0. The highest BCUT2D eigenvalue weighted by atomic mass is 16.2. The van der Waals surface area contributed by atoms with Gasteiger partial charge in [-0.1, -0.05) is 0 Å². The molecule has 1 aliphatic heterocycles. The summed E-state index contributed by atoms with van der Waals surface area (Å²) in [6, 6.07) is 0.784. The molecule has 1 saturated heterocycles. The highest BCUT2D eigenvalue weighted by Gasteiger charge is 2.22. The second-order valence-corrected chi connectivity index (χ2v) is 4.26. The average molecular weight is 199 g/mol. The molecule has 0 aromatic rings. The lowest BCUT2D eigenvalue weighted by molar-refractivity contribution is 0.226. The van der Waals surface area contributed by atoms with Crippen LogP contribution in [-0.2, 0) is 0 Å². The van der Waals surface area contributed by atoms with E-state index in [2.05, 4.69) is 22.9 Å². The van der Waals surface area contributed by atoms with Crippen LogP contribution in [0.5, 0.6) is 0 Å². The van der Waals surface area contributed by atoms with Crippen LogP contribution in [0.3, 0.4) is 0 Å². The van der Waals surface area contributed by atoms with Gasteiger partial charge in [0.1, 0.15) is 0 Å². The van der Waals surface area contributed by atoms with Crippen LogP contribution >= 0.6 is 0 Å². The first-order chi connectivity index (χ1) is 6.59. The number of urea groups is 1. The first-order valence-electron chi connectivity index (χ1n) is 5.40. The van der Waals surface area contributed by atoms with Crippen LogP contribution in [-0.4, -0.2) is 30.7 Å². The van der Waals surface area contributed by atoms with E-state index in [9.17, 15) is 4.79 Å². The summed E-state index contributed by atoms with van der Waals surface area (Å²) in [4.78, 5) is 11.4. The molecule has 1 rings (SSSR count). The molecule has 0 aliphatic carbocycles. The van der Waals surface area contributed by atoms with Crippen molar-refractivity contribution in [3.8, 4) is 0 Å². The van der Waals surface area contributed by atoms with Gasteiger partial charge in [-0.05, 0) is 40.2 Å². The fourth-order valence-corrected chi connectivity index (χ4v) is 1.71. The monoisotopic (exact) mass is 199 g/mol. The van der Waals surface area contributed by atoms with Gasteiger partial charge >= 0.3 is 6.03 Å². The van der Waals surface area contributed by atoms with E-state index in [0.717, 1.165) is 19.4 Å². The maximum atomic E-state index is 11.4. The molecule has 0 unspecified atom stereocenters. The number of hydrogen-bond acceptors (Lipinski definition) is 2. The minimum atomic E-state index is -0.0550. The number of carbonyl (C=O) groups is 1. The molecular formula is C10H21N3O. The van der Waals surface area contributed by atoms with Crippen LogP contribution in [0.4, 0.5) is 4.79 Å². The zero-order valence-corrected chi connectivity index (χ0v) is 9.26. The quantitative estimate of drug-likeness (QED) is 0.617. The van der Waals surface area contributed by atoms with E-state index in [4.69, 9.17) is 0 Å². The van der Waals surface area contributed by atoms with Gasteiger partial charge < -0.3 is 16.0 Å². The third kappa shape index (κ3) is 3.54. The van der Waals surface area contributed by atoms with Gasteiger partial charge in [0.05, 0.1) is 0 Å². The topological polar surface area (TPSA) is 53.2 Å². The Morgan fingerprint density at radius 1 is 1.50 bits per heavy atom. The van der Waals surface area contributed by atoms with E-state index < -0.39 is 0 Å². The summed E-state index contributed by atoms with van der Waals surface area (Å²) in [5, 5.41) is 9.17. The van der Waals surface area contributed by atoms with Crippen molar-refractivity contribution in [2.45, 2.75) is 51.7 Å². The third-order valence-corrected chi connectivity index (χ3v) is 2.50. The molecule has 3 N–H and O–H groups in total. The molecule has 0 saturated carbocycles. The predicted molar refractivity (Wildman–Crippen MR) is 57.3 cm³/mol. The maximum absolute atomic E-state index is 11.4. The first kappa shape index (κ1) is 11.3. The Bertz CT molecular complexity index is 194. The second kappa shape index (κ2) is 5.20. The van der Waals surface area contributed by atoms with Crippen molar-refractivity contribution in [2.24, 2.45) is 0 Å². The summed E-state index contributed by atoms with van der Waals surface area (Å²) in [5.74, 6) is 0. The SMILES string of the molecule is CC(C)NC(=O)N[C@@H]1CCCN[C@@H]1C. The lowest BCUT2D eigenvalue weighted by Gasteiger charge is -2.30. The normalized spacial score (nSPS) is 27.4. The lowest BCUT2D eigenvalue weighted by Crippen LogP contribution is -2.54. The first-order valence-corrected chi connectivity index (χ1v) is 5.40. The molecule has 4 nitrogen and oxygen atoms in total. The zero-order valence-electron chi connectivity index (χ0n) is 9.26. The number of amides is 2. The van der Waals surface area contributed by atoms with Crippen LogP contribution in [0.15, 0.2) is 0 Å². The fourth-order valence-electron chi connectivity index (χ4n) is 1.71. The molecule has 1 heterocycles. The summed E-state index contributed by atoms with van der Waals surface area (Å²) in [5.41, 5.74) is 0. The number of carbonyl (C=O) groups excluding carboxylic acids is 1. The Hall–Kier alpha value is -0.770. The van der Waals surface area contributed by atoms with Crippen molar-refractivity contribution in [1.82, 2.24) is 16.0 Å². The molecule has 2 amide bonds. The third-order valence-electron chi connectivity index (χ3n) is 2.50. The maximum Gasteiger partial charge on any atom is 0.315 e. The van der Waals surface area contributed by atoms with Crippen LogP contribution in [0, 0.1) is 0 Å². The standard InChI is InChI=1S/C10H21N3O/c1-7(2)12-10(14)13-9-5-4-6-11-8(9)3/h7-9,11H,4-6H2,1-3H3,(H2,12,13,14)/t8-,9-/m1/s1. The van der Waals surface area contributed by atoms with Crippen LogP contribution in [0.2, 0.25) is 0 Å². The summed E-state index contributed by atoms with van der Waals surface area (Å²) in [6.07, 6.45) is 2.21. The van der Waals surface area contributed by atoms with Gasteiger partial charge in [-0.15, -0.1) is 0 Å². The van der Waals surface area contributed by atoms with Crippen LogP contribution in [0.25, 0.3) is 0 Å². The van der Waals surface area contributed by atoms with Crippen LogP contribution < -0.4 is 16.0 Å². The van der Waals surface area contributed by atoms with Gasteiger partial charge in [-0.2, -0.15) is 0 Å². The molecule has 4 heteroatoms. The summed E-state index contributed by atoms with van der Waals surface area (Å²) < 4.78 is 0. The van der Waals surface area contributed by atoms with Crippen molar-refractivity contribution in [3.05, 3.63) is 0 Å². The van der Waals surface area contributed by atoms with Crippen molar-refractivity contribution in [1.29, 1.82) is 0 Å². The number of hydrogen-bond donors (Lipinski definition) is 3. The number of piperidine rings is 1. The van der Waals surface area contributed by atoms with Crippen molar-refractivity contribution in [3.63, 3.8) is 0 Å². The number of nitrogens with one attached hydrogen (secondary N) is 3. The van der Waals surface area contributed by atoms with Gasteiger partial charge in [0.2, 0.25) is 0 Å². The highest BCUT2D eigenvalue weighted by molar-refractivity contribution is 5.74. The molecule has 0 radical (unpaired) electrons. The van der Waals surface area contributed by atoms with Gasteiger partial charge in [0.25, 0.3) is 0 Å². The average Bonchev–Trinajstić information content (AvgIpc) is 2.07. The van der Waals surface area contributed by atoms with Crippen molar-refractivity contribution in [2.75, 3.05) is 6.54 Å². The summed E-state index contributed by atoms with van der Waals surface area (Å²) in [6.45, 7) is 7.09. The molecule has 0 aromatic heterocycles. The van der Waals surface area contributed by atoms with E-state index in [0.29, 0.717) is 6.04 Å². The largest absolute Gasteiger partial charge is 0.336 e. The summed E-state index contributed by atoms with van der Waals surface area (Å²) >= 11 is 0. The van der Waals surface area contributed by atoms with Gasteiger partial charge in [0.15, 0.2) is 0 Å². The minimum absolute atomic E-state index is 0.0550. The molecule has 2 atom stereocenters. The lowest BCUT2D eigenvalue weighted by atomic mass is 10.0. The van der Waals surface area contributed by atoms with E-state index in [1.807, 2.05) is 13.8 Å². The molecule has 14 heavy (non-hydrogen) atoms. The predicted octanol–water partition coefficient (Wildman–Crippen LogP) is 0.834. The molecule has 0 spiro atoms. The molecule has 1 aliphatic rings. The Balaban J connectivity index is 2.31. The Morgan fingerprint density at radius 2 is 2.21 bits per heavy atom. The van der Waals surface area contributed by atoms with Gasteiger partial charge in [-0.25, -0.2) is 4.79 Å². The molecule has 0 aromatic carbocycles. The van der Waals surface area contributed by atoms with Crippen LogP contribution in [0.1, 0.15) is 33.6 Å². The molecular weight excluding hydrogens is 178 g/mol. The van der Waals surface area contributed by atoms with E-state index in [1.54, 1.807) is 0 Å². The molecule has 0 bridgehead atoms. The van der Waals surface area contributed by atoms with E-state index in [1.165, 1.54) is 0 Å². The Morgan fingerprint density at radius 3 is 2.79 bits per heavy atom. The smallest absolute Gasteiger partial charge is 0.315 e. The molecule has 1 fully saturated rings. The molecule has 82 valence electrons. The second-order valence-electron chi connectivity index (χ2n) is 4.26.